The summed E-state index contributed by atoms with van der Waals surface area (Å²) in [6.45, 7) is 0. The van der Waals surface area contributed by atoms with Crippen LogP contribution >= 0.6 is 11.6 Å². The summed E-state index contributed by atoms with van der Waals surface area (Å²) in [7, 11) is 0. The molecule has 1 aliphatic rings. The van der Waals surface area contributed by atoms with Crippen molar-refractivity contribution in [2.24, 2.45) is 0 Å². The first kappa shape index (κ1) is 9.51. The van der Waals surface area contributed by atoms with E-state index in [1.165, 1.54) is 0 Å². The summed E-state index contributed by atoms with van der Waals surface area (Å²) in [5.41, 5.74) is 0.405. The summed E-state index contributed by atoms with van der Waals surface area (Å²) < 4.78 is 0. The fourth-order valence-electron chi connectivity index (χ4n) is 1.92. The molecule has 0 amide bonds. The Balaban J connectivity index is 2.35. The number of hydrogen-bond donors (Lipinski definition) is 1. The van der Waals surface area contributed by atoms with E-state index in [9.17, 15) is 5.11 Å². The van der Waals surface area contributed by atoms with Gasteiger partial charge in [0.1, 0.15) is 0 Å². The predicted molar refractivity (Wildman–Crippen MR) is 54.0 cm³/mol. The molecule has 0 saturated heterocycles. The summed E-state index contributed by atoms with van der Waals surface area (Å²) in [6.07, 6.45) is 0.696. The van der Waals surface area contributed by atoms with Gasteiger partial charge >= 0.3 is 0 Å². The highest BCUT2D eigenvalue weighted by Gasteiger charge is 2.45. The number of nitriles is 1. The number of halogens is 1. The van der Waals surface area contributed by atoms with Gasteiger partial charge < -0.3 is 5.11 Å². The third-order valence-corrected chi connectivity index (χ3v) is 2.99. The smallest absolute Gasteiger partial charge is 0.0871 e. The second-order valence-electron chi connectivity index (χ2n) is 3.77. The van der Waals surface area contributed by atoms with Gasteiger partial charge in [0.2, 0.25) is 0 Å². The van der Waals surface area contributed by atoms with Crippen LogP contribution in [0.3, 0.4) is 0 Å². The third-order valence-electron chi connectivity index (χ3n) is 2.76. The van der Waals surface area contributed by atoms with Crippen molar-refractivity contribution in [2.45, 2.75) is 24.4 Å². The first-order valence-electron chi connectivity index (χ1n) is 4.52. The van der Waals surface area contributed by atoms with E-state index in [0.717, 1.165) is 5.56 Å². The lowest BCUT2D eigenvalue weighted by molar-refractivity contribution is 0.0447. The summed E-state index contributed by atoms with van der Waals surface area (Å²) in [6, 6.07) is 9.58. The van der Waals surface area contributed by atoms with Crippen molar-refractivity contribution in [1.82, 2.24) is 0 Å². The minimum atomic E-state index is -0.510. The molecule has 3 heteroatoms. The zero-order valence-electron chi connectivity index (χ0n) is 7.57. The van der Waals surface area contributed by atoms with Gasteiger partial charge in [0, 0.05) is 5.02 Å². The van der Waals surface area contributed by atoms with Crippen LogP contribution in [-0.4, -0.2) is 11.2 Å². The molecule has 0 heterocycles. The van der Waals surface area contributed by atoms with Gasteiger partial charge in [-0.2, -0.15) is 5.26 Å². The van der Waals surface area contributed by atoms with Crippen LogP contribution in [-0.2, 0) is 5.41 Å². The Morgan fingerprint density at radius 1 is 1.50 bits per heavy atom. The molecule has 1 aliphatic carbocycles. The quantitative estimate of drug-likeness (QED) is 0.768. The molecule has 2 rings (SSSR count). The molecule has 2 nitrogen and oxygen atoms in total. The van der Waals surface area contributed by atoms with Crippen LogP contribution in [0.1, 0.15) is 18.4 Å². The van der Waals surface area contributed by atoms with Crippen LogP contribution in [0.4, 0.5) is 0 Å². The van der Waals surface area contributed by atoms with E-state index in [1.807, 2.05) is 12.1 Å². The van der Waals surface area contributed by atoms with Gasteiger partial charge in [-0.05, 0) is 30.5 Å². The lowest BCUT2D eigenvalue weighted by atomic mass is 9.64. The van der Waals surface area contributed by atoms with Crippen molar-refractivity contribution in [3.8, 4) is 6.07 Å². The van der Waals surface area contributed by atoms with E-state index >= 15 is 0 Å². The Kier molecular flexibility index (Phi) is 2.22. The van der Waals surface area contributed by atoms with Crippen molar-refractivity contribution in [1.29, 1.82) is 5.26 Å². The van der Waals surface area contributed by atoms with Crippen LogP contribution in [0, 0.1) is 11.3 Å². The molecule has 1 aromatic carbocycles. The van der Waals surface area contributed by atoms with E-state index in [4.69, 9.17) is 16.9 Å². The first-order chi connectivity index (χ1) is 6.66. The molecule has 72 valence electrons. The molecule has 0 bridgehead atoms. The molecule has 0 atom stereocenters. The average Bonchev–Trinajstić information content (AvgIpc) is 2.12. The summed E-state index contributed by atoms with van der Waals surface area (Å²) >= 11 is 5.85. The predicted octanol–water partition coefficient (Wildman–Crippen LogP) is 2.26. The zero-order valence-corrected chi connectivity index (χ0v) is 8.33. The summed E-state index contributed by atoms with van der Waals surface area (Å²) in [4.78, 5) is 0. The minimum absolute atomic E-state index is 0.339. The van der Waals surface area contributed by atoms with Gasteiger partial charge in [0.05, 0.1) is 17.6 Å². The molecular weight excluding hydrogens is 198 g/mol. The van der Waals surface area contributed by atoms with Crippen molar-refractivity contribution in [3.05, 3.63) is 34.9 Å². The lowest BCUT2D eigenvalue weighted by Gasteiger charge is -2.40. The van der Waals surface area contributed by atoms with E-state index < -0.39 is 5.41 Å². The highest BCUT2D eigenvalue weighted by Crippen LogP contribution is 2.43. The molecular formula is C11H10ClNO. The molecule has 0 spiro atoms. The molecule has 0 radical (unpaired) electrons. The summed E-state index contributed by atoms with van der Waals surface area (Å²) in [5, 5.41) is 19.0. The first-order valence-corrected chi connectivity index (χ1v) is 4.89. The van der Waals surface area contributed by atoms with Gasteiger partial charge in [-0.15, -0.1) is 0 Å². The highest BCUT2D eigenvalue weighted by atomic mass is 35.5. The molecule has 1 saturated carbocycles. The van der Waals surface area contributed by atoms with E-state index in [0.29, 0.717) is 17.9 Å². The van der Waals surface area contributed by atoms with Crippen molar-refractivity contribution in [2.75, 3.05) is 0 Å². The number of hydrogen-bond acceptors (Lipinski definition) is 2. The second-order valence-corrected chi connectivity index (χ2v) is 4.20. The Morgan fingerprint density at radius 3 is 2.71 bits per heavy atom. The minimum Gasteiger partial charge on any atom is -0.393 e. The number of benzene rings is 1. The fraction of sp³-hybridized carbons (Fsp3) is 0.364. The second kappa shape index (κ2) is 3.27. The van der Waals surface area contributed by atoms with Gasteiger partial charge in [-0.3, -0.25) is 0 Å². The van der Waals surface area contributed by atoms with Crippen LogP contribution in [0.25, 0.3) is 0 Å². The Bertz CT molecular complexity index is 391. The third kappa shape index (κ3) is 1.39. The van der Waals surface area contributed by atoms with E-state index in [2.05, 4.69) is 6.07 Å². The van der Waals surface area contributed by atoms with Gasteiger partial charge in [0.25, 0.3) is 0 Å². The standard InChI is InChI=1S/C11H10ClNO/c12-9-3-1-2-8(4-9)11(7-13)5-10(14)6-11/h1-4,10,14H,5-6H2. The van der Waals surface area contributed by atoms with E-state index in [1.54, 1.807) is 12.1 Å². The van der Waals surface area contributed by atoms with Crippen molar-refractivity contribution < 1.29 is 5.11 Å². The monoisotopic (exact) mass is 207 g/mol. The number of rotatable bonds is 1. The molecule has 1 fully saturated rings. The topological polar surface area (TPSA) is 44.0 Å². The fourth-order valence-corrected chi connectivity index (χ4v) is 2.11. The highest BCUT2D eigenvalue weighted by molar-refractivity contribution is 6.30. The molecule has 1 aromatic rings. The molecule has 0 aromatic heterocycles. The SMILES string of the molecule is N#CC1(c2cccc(Cl)c2)CC(O)C1. The number of aliphatic hydroxyl groups is 1. The van der Waals surface area contributed by atoms with Gasteiger partial charge in [0.15, 0.2) is 0 Å². The normalized spacial score (nSPS) is 30.5. The average molecular weight is 208 g/mol. The van der Waals surface area contributed by atoms with Gasteiger partial charge in [-0.25, -0.2) is 0 Å². The van der Waals surface area contributed by atoms with Crippen LogP contribution in [0.2, 0.25) is 5.02 Å². The molecule has 1 N–H and O–H groups in total. The summed E-state index contributed by atoms with van der Waals surface area (Å²) in [5.74, 6) is 0. The largest absolute Gasteiger partial charge is 0.393 e. The van der Waals surface area contributed by atoms with Crippen molar-refractivity contribution >= 4 is 11.6 Å². The number of aliphatic hydroxyl groups excluding tert-OH is 1. The number of nitrogens with zero attached hydrogens (tertiary/aromatic N) is 1. The van der Waals surface area contributed by atoms with Crippen LogP contribution < -0.4 is 0 Å². The van der Waals surface area contributed by atoms with E-state index in [-0.39, 0.29) is 6.10 Å². The Hall–Kier alpha value is -1.04. The maximum Gasteiger partial charge on any atom is 0.0871 e. The molecule has 0 unspecified atom stereocenters. The Labute approximate surface area is 87.7 Å². The van der Waals surface area contributed by atoms with Crippen LogP contribution in [0.5, 0.6) is 0 Å². The molecule has 14 heavy (non-hydrogen) atoms. The Morgan fingerprint density at radius 2 is 2.21 bits per heavy atom. The maximum atomic E-state index is 9.26. The zero-order chi connectivity index (χ0) is 10.2. The van der Waals surface area contributed by atoms with Gasteiger partial charge in [-0.1, -0.05) is 23.7 Å². The lowest BCUT2D eigenvalue weighted by Crippen LogP contribution is -2.43. The van der Waals surface area contributed by atoms with Crippen molar-refractivity contribution in [3.63, 3.8) is 0 Å². The maximum absolute atomic E-state index is 9.26. The van der Waals surface area contributed by atoms with Crippen LogP contribution in [0.15, 0.2) is 24.3 Å². The molecule has 0 aliphatic heterocycles.